The zero-order valence-corrected chi connectivity index (χ0v) is 12.3. The summed E-state index contributed by atoms with van der Waals surface area (Å²) in [6.45, 7) is 6.30. The first-order valence-electron chi connectivity index (χ1n) is 7.67. The average Bonchev–Trinajstić information content (AvgIpc) is 3.11. The Balaban J connectivity index is 1.96. The number of rotatable bonds is 5. The minimum atomic E-state index is 0.318. The third-order valence-electron chi connectivity index (χ3n) is 4.37. The molecule has 0 amide bonds. The summed E-state index contributed by atoms with van der Waals surface area (Å²) in [6.07, 6.45) is 6.41. The first kappa shape index (κ1) is 13.4. The van der Waals surface area contributed by atoms with Crippen molar-refractivity contribution in [2.45, 2.75) is 45.2 Å². The van der Waals surface area contributed by atoms with Gasteiger partial charge in [-0.15, -0.1) is 0 Å². The maximum Gasteiger partial charge on any atom is 0.126 e. The van der Waals surface area contributed by atoms with Gasteiger partial charge in [-0.2, -0.15) is 0 Å². The second-order valence-corrected chi connectivity index (χ2v) is 5.45. The van der Waals surface area contributed by atoms with Gasteiger partial charge in [0.2, 0.25) is 0 Å². The monoisotopic (exact) mass is 269 g/mol. The van der Waals surface area contributed by atoms with Crippen LogP contribution in [0.1, 0.15) is 49.2 Å². The number of imidazole rings is 1. The molecule has 20 heavy (non-hydrogen) atoms. The van der Waals surface area contributed by atoms with Crippen molar-refractivity contribution in [2.75, 3.05) is 6.54 Å². The maximum atomic E-state index is 4.62. The summed E-state index contributed by atoms with van der Waals surface area (Å²) in [4.78, 5) is 4.62. The summed E-state index contributed by atoms with van der Waals surface area (Å²) in [5.41, 5.74) is 3.01. The van der Waals surface area contributed by atoms with Gasteiger partial charge in [-0.25, -0.2) is 4.98 Å². The van der Waals surface area contributed by atoms with Crippen LogP contribution in [0.4, 0.5) is 0 Å². The molecule has 0 aliphatic heterocycles. The van der Waals surface area contributed by atoms with Crippen molar-refractivity contribution in [1.82, 2.24) is 14.9 Å². The Morgan fingerprint density at radius 2 is 2.20 bits per heavy atom. The van der Waals surface area contributed by atoms with E-state index in [0.717, 1.165) is 13.1 Å². The first-order chi connectivity index (χ1) is 9.85. The van der Waals surface area contributed by atoms with Crippen molar-refractivity contribution in [1.29, 1.82) is 0 Å². The molecule has 0 saturated carbocycles. The molecule has 1 aromatic heterocycles. The van der Waals surface area contributed by atoms with Gasteiger partial charge >= 0.3 is 0 Å². The molecular formula is C17H23N3. The molecular weight excluding hydrogens is 246 g/mol. The number of aryl methyl sites for hydroxylation is 2. The Bertz CT molecular complexity index is 573. The van der Waals surface area contributed by atoms with Gasteiger partial charge in [-0.05, 0) is 37.4 Å². The number of fused-ring (bicyclic) bond motifs is 1. The highest BCUT2D eigenvalue weighted by atomic mass is 15.1. The van der Waals surface area contributed by atoms with Gasteiger partial charge in [0.05, 0.1) is 6.04 Å². The fraction of sp³-hybridized carbons (Fsp3) is 0.471. The molecule has 3 nitrogen and oxygen atoms in total. The van der Waals surface area contributed by atoms with Crippen molar-refractivity contribution >= 4 is 0 Å². The van der Waals surface area contributed by atoms with E-state index in [2.05, 4.69) is 59.2 Å². The quantitative estimate of drug-likeness (QED) is 0.902. The second-order valence-electron chi connectivity index (χ2n) is 5.45. The number of hydrogen-bond donors (Lipinski definition) is 1. The average molecular weight is 269 g/mol. The minimum absolute atomic E-state index is 0.318. The zero-order chi connectivity index (χ0) is 13.9. The van der Waals surface area contributed by atoms with E-state index in [1.165, 1.54) is 29.8 Å². The highest BCUT2D eigenvalue weighted by molar-refractivity contribution is 5.36. The predicted octanol–water partition coefficient (Wildman–Crippen LogP) is 3.28. The summed E-state index contributed by atoms with van der Waals surface area (Å²) in [7, 11) is 0. The molecule has 3 heteroatoms. The number of hydrogen-bond acceptors (Lipinski definition) is 2. The smallest absolute Gasteiger partial charge is 0.126 e. The summed E-state index contributed by atoms with van der Waals surface area (Å²) in [5, 5.41) is 3.66. The zero-order valence-electron chi connectivity index (χ0n) is 12.3. The number of nitrogens with one attached hydrogen (secondary N) is 1. The van der Waals surface area contributed by atoms with Crippen LogP contribution in [0.25, 0.3) is 0 Å². The number of aromatic nitrogens is 2. The molecule has 0 saturated heterocycles. The largest absolute Gasteiger partial charge is 0.334 e. The Hall–Kier alpha value is -1.61. The van der Waals surface area contributed by atoms with Crippen LogP contribution in [-0.2, 0) is 13.0 Å². The van der Waals surface area contributed by atoms with E-state index in [1.807, 2.05) is 6.20 Å². The van der Waals surface area contributed by atoms with E-state index in [1.54, 1.807) is 0 Å². The van der Waals surface area contributed by atoms with Gasteiger partial charge in [0.25, 0.3) is 0 Å². The van der Waals surface area contributed by atoms with E-state index < -0.39 is 0 Å². The topological polar surface area (TPSA) is 29.9 Å². The third-order valence-corrected chi connectivity index (χ3v) is 4.37. The maximum absolute atomic E-state index is 4.62. The molecule has 0 radical (unpaired) electrons. The molecule has 1 heterocycles. The van der Waals surface area contributed by atoms with Crippen LogP contribution in [0, 0.1) is 0 Å². The SMILES string of the molecule is CCNC(c1nccn1CC)C1CCc2ccccc21. The Morgan fingerprint density at radius 1 is 1.35 bits per heavy atom. The fourth-order valence-corrected chi connectivity index (χ4v) is 3.44. The van der Waals surface area contributed by atoms with Gasteiger partial charge in [0, 0.05) is 24.9 Å². The first-order valence-corrected chi connectivity index (χ1v) is 7.67. The second kappa shape index (κ2) is 5.80. The molecule has 2 unspecified atom stereocenters. The number of benzene rings is 1. The molecule has 1 aliphatic rings. The third kappa shape index (κ3) is 2.27. The van der Waals surface area contributed by atoms with Gasteiger partial charge in [0.1, 0.15) is 5.82 Å². The van der Waals surface area contributed by atoms with Crippen LogP contribution in [0.3, 0.4) is 0 Å². The Labute approximate surface area is 121 Å². The van der Waals surface area contributed by atoms with Crippen molar-refractivity contribution < 1.29 is 0 Å². The van der Waals surface area contributed by atoms with E-state index >= 15 is 0 Å². The van der Waals surface area contributed by atoms with E-state index in [-0.39, 0.29) is 0 Å². The Kier molecular flexibility index (Phi) is 3.88. The molecule has 0 fully saturated rings. The molecule has 106 valence electrons. The van der Waals surface area contributed by atoms with Crippen molar-refractivity contribution in [3.63, 3.8) is 0 Å². The van der Waals surface area contributed by atoms with Crippen LogP contribution in [-0.4, -0.2) is 16.1 Å². The van der Waals surface area contributed by atoms with Crippen molar-refractivity contribution in [3.05, 3.63) is 53.6 Å². The van der Waals surface area contributed by atoms with E-state index in [9.17, 15) is 0 Å². The molecule has 2 atom stereocenters. The van der Waals surface area contributed by atoms with Crippen LogP contribution < -0.4 is 5.32 Å². The lowest BCUT2D eigenvalue weighted by Gasteiger charge is -2.25. The minimum Gasteiger partial charge on any atom is -0.334 e. The lowest BCUT2D eigenvalue weighted by Crippen LogP contribution is -2.29. The molecule has 1 aliphatic carbocycles. The molecule has 2 aromatic rings. The Morgan fingerprint density at radius 3 is 3.00 bits per heavy atom. The lowest BCUT2D eigenvalue weighted by atomic mass is 9.92. The van der Waals surface area contributed by atoms with Gasteiger partial charge in [0.15, 0.2) is 0 Å². The summed E-state index contributed by atoms with van der Waals surface area (Å²) in [6, 6.07) is 9.18. The van der Waals surface area contributed by atoms with E-state index in [4.69, 9.17) is 0 Å². The highest BCUT2D eigenvalue weighted by Gasteiger charge is 2.32. The lowest BCUT2D eigenvalue weighted by molar-refractivity contribution is 0.418. The van der Waals surface area contributed by atoms with Gasteiger partial charge < -0.3 is 9.88 Å². The number of likely N-dealkylation sites (N-methyl/N-ethyl adjacent to an activating group) is 1. The summed E-state index contributed by atoms with van der Waals surface area (Å²) < 4.78 is 2.26. The van der Waals surface area contributed by atoms with E-state index in [0.29, 0.717) is 12.0 Å². The summed E-state index contributed by atoms with van der Waals surface area (Å²) >= 11 is 0. The van der Waals surface area contributed by atoms with Gasteiger partial charge in [-0.1, -0.05) is 31.2 Å². The van der Waals surface area contributed by atoms with Crippen LogP contribution in [0.15, 0.2) is 36.7 Å². The highest BCUT2D eigenvalue weighted by Crippen LogP contribution is 2.41. The normalized spacial score (nSPS) is 19.0. The predicted molar refractivity (Wildman–Crippen MR) is 81.8 cm³/mol. The van der Waals surface area contributed by atoms with Gasteiger partial charge in [-0.3, -0.25) is 0 Å². The summed E-state index contributed by atoms with van der Waals surface area (Å²) in [5.74, 6) is 1.72. The standard InChI is InChI=1S/C17H23N3/c1-3-18-16(17-19-11-12-20(17)4-2)15-10-9-13-7-5-6-8-14(13)15/h5-8,11-12,15-16,18H,3-4,9-10H2,1-2H3. The van der Waals surface area contributed by atoms with Crippen LogP contribution in [0.2, 0.25) is 0 Å². The van der Waals surface area contributed by atoms with Crippen LogP contribution >= 0.6 is 0 Å². The fourth-order valence-electron chi connectivity index (χ4n) is 3.44. The number of nitrogens with zero attached hydrogens (tertiary/aromatic N) is 2. The molecule has 0 bridgehead atoms. The molecule has 1 N–H and O–H groups in total. The molecule has 1 aromatic carbocycles. The molecule has 0 spiro atoms. The van der Waals surface area contributed by atoms with Crippen LogP contribution in [0.5, 0.6) is 0 Å². The molecule has 3 rings (SSSR count). The van der Waals surface area contributed by atoms with Crippen molar-refractivity contribution in [3.8, 4) is 0 Å². The van der Waals surface area contributed by atoms with Crippen molar-refractivity contribution in [2.24, 2.45) is 0 Å².